The minimum absolute atomic E-state index is 0.158. The van der Waals surface area contributed by atoms with Crippen LogP contribution in [0.15, 0.2) is 35.6 Å². The van der Waals surface area contributed by atoms with E-state index in [0.717, 1.165) is 0 Å². The van der Waals surface area contributed by atoms with Crippen molar-refractivity contribution in [2.75, 3.05) is 0 Å². The molecule has 0 N–H and O–H groups in total. The van der Waals surface area contributed by atoms with Gasteiger partial charge in [-0.25, -0.2) is 4.99 Å². The second-order valence-electron chi connectivity index (χ2n) is 4.58. The van der Waals surface area contributed by atoms with Crippen LogP contribution in [0.25, 0.3) is 6.08 Å². The van der Waals surface area contributed by atoms with Crippen molar-refractivity contribution in [2.45, 2.75) is 5.92 Å². The van der Waals surface area contributed by atoms with E-state index >= 15 is 0 Å². The molecule has 2 aromatic rings. The zero-order valence-corrected chi connectivity index (χ0v) is 12.4. The van der Waals surface area contributed by atoms with Gasteiger partial charge in [0.1, 0.15) is 5.02 Å². The smallest absolute Gasteiger partial charge is 0.272 e. The quantitative estimate of drug-likeness (QED) is 0.620. The maximum absolute atomic E-state index is 12.2. The van der Waals surface area contributed by atoms with Crippen LogP contribution in [0.1, 0.15) is 11.5 Å². The van der Waals surface area contributed by atoms with Gasteiger partial charge in [-0.05, 0) is 12.1 Å². The first kappa shape index (κ1) is 14.6. The third-order valence-electron chi connectivity index (χ3n) is 3.28. The van der Waals surface area contributed by atoms with Gasteiger partial charge in [-0.3, -0.25) is 19.9 Å². The molecular formula is C14H7Cl2N3O3. The van der Waals surface area contributed by atoms with Crippen molar-refractivity contribution in [1.29, 1.82) is 0 Å². The lowest BCUT2D eigenvalue weighted by Gasteiger charge is -2.15. The predicted octanol–water partition coefficient (Wildman–Crippen LogP) is 2.02. The van der Waals surface area contributed by atoms with Gasteiger partial charge < -0.3 is 0 Å². The molecule has 1 aromatic heterocycles. The van der Waals surface area contributed by atoms with Crippen LogP contribution in [0, 0.1) is 10.1 Å². The van der Waals surface area contributed by atoms with E-state index in [9.17, 15) is 14.9 Å². The summed E-state index contributed by atoms with van der Waals surface area (Å²) in [4.78, 5) is 30.5. The standard InChI is InChI=1S/C14H7Cl2N3O3/c15-9-1-2-11(19(21)22)13(16)12(9)8-5-7-6-17-4-3-10(7)18-14(8)20/h1-6,8H. The number of halogens is 2. The number of aromatic nitrogens is 1. The first-order valence-corrected chi connectivity index (χ1v) is 6.91. The number of nitro benzene ring substituents is 1. The van der Waals surface area contributed by atoms with Crippen LogP contribution in [-0.4, -0.2) is 15.8 Å². The van der Waals surface area contributed by atoms with E-state index in [1.165, 1.54) is 18.3 Å². The Balaban J connectivity index is 2.25. The van der Waals surface area contributed by atoms with Crippen molar-refractivity contribution in [3.8, 4) is 0 Å². The van der Waals surface area contributed by atoms with E-state index < -0.39 is 16.7 Å². The summed E-state index contributed by atoms with van der Waals surface area (Å²) in [6.07, 6.45) is 4.68. The largest absolute Gasteiger partial charge is 0.288 e. The number of hydrogen-bond donors (Lipinski definition) is 0. The first-order valence-electron chi connectivity index (χ1n) is 6.16. The Hall–Kier alpha value is -2.31. The Morgan fingerprint density at radius 1 is 1.23 bits per heavy atom. The van der Waals surface area contributed by atoms with Crippen LogP contribution >= 0.6 is 23.2 Å². The second kappa shape index (κ2) is 5.47. The van der Waals surface area contributed by atoms with Crippen LogP contribution in [0.4, 0.5) is 5.69 Å². The van der Waals surface area contributed by atoms with E-state index in [1.807, 2.05) is 0 Å². The third kappa shape index (κ3) is 2.36. The average molecular weight is 336 g/mol. The van der Waals surface area contributed by atoms with Gasteiger partial charge in [-0.2, -0.15) is 0 Å². The molecule has 22 heavy (non-hydrogen) atoms. The molecule has 3 rings (SSSR count). The van der Waals surface area contributed by atoms with Crippen LogP contribution in [0.3, 0.4) is 0 Å². The van der Waals surface area contributed by atoms with Crippen LogP contribution < -0.4 is 10.6 Å². The van der Waals surface area contributed by atoms with Gasteiger partial charge in [0, 0.05) is 34.3 Å². The van der Waals surface area contributed by atoms with Gasteiger partial charge in [0.2, 0.25) is 0 Å². The summed E-state index contributed by atoms with van der Waals surface area (Å²) >= 11 is 12.2. The molecular weight excluding hydrogens is 329 g/mol. The van der Waals surface area contributed by atoms with Crippen LogP contribution in [-0.2, 0) is 4.79 Å². The summed E-state index contributed by atoms with van der Waals surface area (Å²) in [5.41, 5.74) is -0.125. The molecule has 6 nitrogen and oxygen atoms in total. The summed E-state index contributed by atoms with van der Waals surface area (Å²) in [7, 11) is 0. The molecule has 1 unspecified atom stereocenters. The Morgan fingerprint density at radius 2 is 2.00 bits per heavy atom. The molecule has 0 spiro atoms. The number of hydrogen-bond acceptors (Lipinski definition) is 4. The van der Waals surface area contributed by atoms with E-state index in [0.29, 0.717) is 10.6 Å². The van der Waals surface area contributed by atoms with Crippen LogP contribution in [0.2, 0.25) is 10.0 Å². The van der Waals surface area contributed by atoms with Crippen molar-refractivity contribution < 1.29 is 9.72 Å². The predicted molar refractivity (Wildman–Crippen MR) is 80.3 cm³/mol. The van der Waals surface area contributed by atoms with Gasteiger partial charge in [0.05, 0.1) is 16.2 Å². The number of carbonyl (C=O) groups excluding carboxylic acids is 1. The van der Waals surface area contributed by atoms with E-state index in [2.05, 4.69) is 9.98 Å². The summed E-state index contributed by atoms with van der Waals surface area (Å²) in [6, 6.07) is 4.16. The fourth-order valence-electron chi connectivity index (χ4n) is 2.26. The number of nitrogens with zero attached hydrogens (tertiary/aromatic N) is 3. The normalized spacial score (nSPS) is 16.5. The zero-order chi connectivity index (χ0) is 15.9. The summed E-state index contributed by atoms with van der Waals surface area (Å²) in [6.45, 7) is 0. The van der Waals surface area contributed by atoms with Crippen molar-refractivity contribution in [2.24, 2.45) is 4.99 Å². The van der Waals surface area contributed by atoms with E-state index in [4.69, 9.17) is 23.2 Å². The number of fused-ring (bicyclic) bond motifs is 1. The molecule has 110 valence electrons. The van der Waals surface area contributed by atoms with Gasteiger partial charge in [0.25, 0.3) is 11.6 Å². The molecule has 1 amide bonds. The fourth-order valence-corrected chi connectivity index (χ4v) is 2.93. The lowest BCUT2D eigenvalue weighted by atomic mass is 9.95. The maximum atomic E-state index is 12.2. The molecule has 8 heteroatoms. The highest BCUT2D eigenvalue weighted by Gasteiger charge is 2.29. The van der Waals surface area contributed by atoms with Crippen LogP contribution in [0.5, 0.6) is 0 Å². The Morgan fingerprint density at radius 3 is 2.73 bits per heavy atom. The SMILES string of the molecule is O=C1N=c2ccncc2=CC1c1c(Cl)ccc([N+](=O)[O-])c1Cl. The van der Waals surface area contributed by atoms with Gasteiger partial charge in [-0.15, -0.1) is 0 Å². The molecule has 1 aromatic carbocycles. The molecule has 0 bridgehead atoms. The minimum atomic E-state index is -0.878. The third-order valence-corrected chi connectivity index (χ3v) is 4.01. The van der Waals surface area contributed by atoms with E-state index in [1.54, 1.807) is 18.3 Å². The van der Waals surface area contributed by atoms with E-state index in [-0.39, 0.29) is 21.3 Å². The molecule has 0 radical (unpaired) electrons. The van der Waals surface area contributed by atoms with Crippen molar-refractivity contribution >= 4 is 40.9 Å². The molecule has 1 aliphatic heterocycles. The minimum Gasteiger partial charge on any atom is -0.272 e. The van der Waals surface area contributed by atoms with Crippen molar-refractivity contribution in [1.82, 2.24) is 4.98 Å². The summed E-state index contributed by atoms with van der Waals surface area (Å²) in [5.74, 6) is -1.36. The number of nitro groups is 1. The molecule has 0 saturated carbocycles. The lowest BCUT2D eigenvalue weighted by molar-refractivity contribution is -0.384. The highest BCUT2D eigenvalue weighted by Crippen LogP contribution is 2.39. The number of rotatable bonds is 2. The lowest BCUT2D eigenvalue weighted by Crippen LogP contribution is -2.33. The Kier molecular flexibility index (Phi) is 3.64. The highest BCUT2D eigenvalue weighted by molar-refractivity contribution is 6.38. The Bertz CT molecular complexity index is 927. The average Bonchev–Trinajstić information content (AvgIpc) is 2.47. The molecule has 0 fully saturated rings. The number of benzene rings is 1. The molecule has 1 atom stereocenters. The molecule has 1 aliphatic rings. The fraction of sp³-hybridized carbons (Fsp3) is 0.0714. The zero-order valence-electron chi connectivity index (χ0n) is 10.9. The van der Waals surface area contributed by atoms with Crippen molar-refractivity contribution in [3.63, 3.8) is 0 Å². The molecule has 0 saturated heterocycles. The van der Waals surface area contributed by atoms with Gasteiger partial charge in [-0.1, -0.05) is 29.3 Å². The van der Waals surface area contributed by atoms with Gasteiger partial charge >= 0.3 is 0 Å². The first-order chi connectivity index (χ1) is 10.5. The monoisotopic (exact) mass is 335 g/mol. The number of carbonyl (C=O) groups is 1. The maximum Gasteiger partial charge on any atom is 0.288 e. The molecule has 2 heterocycles. The second-order valence-corrected chi connectivity index (χ2v) is 5.37. The summed E-state index contributed by atoms with van der Waals surface area (Å²) in [5, 5.41) is 12.2. The Labute approximate surface area is 133 Å². The van der Waals surface area contributed by atoms with Gasteiger partial charge in [0.15, 0.2) is 0 Å². The number of pyridine rings is 1. The molecule has 0 aliphatic carbocycles. The highest BCUT2D eigenvalue weighted by atomic mass is 35.5. The topological polar surface area (TPSA) is 85.5 Å². The van der Waals surface area contributed by atoms with Crippen molar-refractivity contribution in [3.05, 3.63) is 66.9 Å². The number of amides is 1. The summed E-state index contributed by atoms with van der Waals surface area (Å²) < 4.78 is 0.